The number of carbonyl (C=O) groups is 1. The van der Waals surface area contributed by atoms with Crippen molar-refractivity contribution in [2.45, 2.75) is 45.0 Å². The van der Waals surface area contributed by atoms with Crippen molar-refractivity contribution in [1.82, 2.24) is 15.2 Å². The molecule has 0 spiro atoms. The summed E-state index contributed by atoms with van der Waals surface area (Å²) in [6.45, 7) is 5.50. The molecule has 1 amide bonds. The van der Waals surface area contributed by atoms with Gasteiger partial charge >= 0.3 is 0 Å². The van der Waals surface area contributed by atoms with Crippen LogP contribution in [0, 0.1) is 6.92 Å². The van der Waals surface area contributed by atoms with Gasteiger partial charge in [-0.05, 0) is 31.5 Å². The number of anilines is 1. The van der Waals surface area contributed by atoms with Crippen molar-refractivity contribution >= 4 is 23.4 Å². The maximum atomic E-state index is 12.6. The Kier molecular flexibility index (Phi) is 5.53. The highest BCUT2D eigenvalue weighted by Crippen LogP contribution is 2.43. The number of rotatable bonds is 5. The van der Waals surface area contributed by atoms with Gasteiger partial charge in [-0.3, -0.25) is 9.69 Å². The number of aromatic nitrogens is 3. The van der Waals surface area contributed by atoms with Gasteiger partial charge in [0.15, 0.2) is 11.5 Å². The standard InChI is InChI=1S/C21H22N4O3S/c1-4-5-12-29-21-22-19-18(23-24-21)15-8-6-7-9-16(15)25(14(3)26)20(28-19)17-11-10-13(2)27-17/h6-11,20H,4-5,12H2,1-3H3/t20-/m0/s1. The smallest absolute Gasteiger partial charge is 0.247 e. The van der Waals surface area contributed by atoms with Crippen LogP contribution in [-0.4, -0.2) is 26.8 Å². The van der Waals surface area contributed by atoms with Crippen molar-refractivity contribution in [3.63, 3.8) is 0 Å². The Hall–Kier alpha value is -2.87. The van der Waals surface area contributed by atoms with Crippen molar-refractivity contribution in [2.75, 3.05) is 10.7 Å². The summed E-state index contributed by atoms with van der Waals surface area (Å²) in [5.74, 6) is 2.35. The van der Waals surface area contributed by atoms with Crippen LogP contribution < -0.4 is 9.64 Å². The number of thioether (sulfide) groups is 1. The molecule has 0 aliphatic carbocycles. The Labute approximate surface area is 173 Å². The summed E-state index contributed by atoms with van der Waals surface area (Å²) in [5.41, 5.74) is 1.94. The van der Waals surface area contributed by atoms with E-state index in [0.717, 1.165) is 29.9 Å². The van der Waals surface area contributed by atoms with Gasteiger partial charge in [0.1, 0.15) is 5.76 Å². The average molecular weight is 410 g/mol. The molecule has 3 heterocycles. The minimum Gasteiger partial charge on any atom is -0.460 e. The van der Waals surface area contributed by atoms with E-state index in [2.05, 4.69) is 22.1 Å². The summed E-state index contributed by atoms with van der Waals surface area (Å²) < 4.78 is 12.1. The molecule has 0 bridgehead atoms. The van der Waals surface area contributed by atoms with E-state index in [-0.39, 0.29) is 5.91 Å². The summed E-state index contributed by atoms with van der Waals surface area (Å²) >= 11 is 1.55. The SMILES string of the molecule is CCCCSc1nnc2c(n1)O[C@@H](c1ccc(C)o1)N(C(C)=O)c1ccccc1-2. The fraction of sp³-hybridized carbons (Fsp3) is 0.333. The zero-order valence-corrected chi connectivity index (χ0v) is 17.4. The van der Waals surface area contributed by atoms with Crippen LogP contribution in [0.5, 0.6) is 5.88 Å². The Morgan fingerprint density at radius 3 is 2.76 bits per heavy atom. The number of unbranched alkanes of at least 4 members (excludes halogenated alkanes) is 1. The summed E-state index contributed by atoms with van der Waals surface area (Å²) in [6, 6.07) is 11.2. The van der Waals surface area contributed by atoms with Crippen molar-refractivity contribution in [1.29, 1.82) is 0 Å². The second kappa shape index (κ2) is 8.24. The molecule has 0 saturated heterocycles. The molecule has 0 fully saturated rings. The van der Waals surface area contributed by atoms with Crippen molar-refractivity contribution in [3.8, 4) is 17.1 Å². The largest absolute Gasteiger partial charge is 0.460 e. The fourth-order valence-electron chi connectivity index (χ4n) is 3.19. The van der Waals surface area contributed by atoms with Crippen LogP contribution in [0.25, 0.3) is 11.3 Å². The Morgan fingerprint density at radius 2 is 2.03 bits per heavy atom. The maximum absolute atomic E-state index is 12.6. The van der Waals surface area contributed by atoms with Gasteiger partial charge in [-0.15, -0.1) is 10.2 Å². The summed E-state index contributed by atoms with van der Waals surface area (Å²) in [6.07, 6.45) is 1.39. The molecule has 4 rings (SSSR count). The minimum atomic E-state index is -0.784. The number of carbonyl (C=O) groups excluding carboxylic acids is 1. The highest BCUT2D eigenvalue weighted by Gasteiger charge is 2.36. The lowest BCUT2D eigenvalue weighted by Crippen LogP contribution is -2.35. The number of furan rings is 1. The van der Waals surface area contributed by atoms with E-state index < -0.39 is 6.23 Å². The van der Waals surface area contributed by atoms with Gasteiger partial charge in [-0.25, -0.2) is 0 Å². The molecule has 0 N–H and O–H groups in total. The molecular weight excluding hydrogens is 388 g/mol. The first-order valence-electron chi connectivity index (χ1n) is 9.58. The van der Waals surface area contributed by atoms with Gasteiger partial charge in [0.05, 0.1) is 5.69 Å². The van der Waals surface area contributed by atoms with Crippen molar-refractivity contribution < 1.29 is 13.9 Å². The fourth-order valence-corrected chi connectivity index (χ4v) is 4.05. The lowest BCUT2D eigenvalue weighted by molar-refractivity contribution is -0.118. The average Bonchev–Trinajstić information content (AvgIpc) is 3.08. The molecule has 2 aromatic heterocycles. The first-order chi connectivity index (χ1) is 14.1. The molecule has 7 nitrogen and oxygen atoms in total. The van der Waals surface area contributed by atoms with E-state index in [1.165, 1.54) is 6.92 Å². The predicted octanol–water partition coefficient (Wildman–Crippen LogP) is 4.78. The number of benzene rings is 1. The van der Waals surface area contributed by atoms with Gasteiger partial charge in [0, 0.05) is 18.2 Å². The number of nitrogens with zero attached hydrogens (tertiary/aromatic N) is 4. The number of aryl methyl sites for hydroxylation is 1. The van der Waals surface area contributed by atoms with Crippen LogP contribution >= 0.6 is 11.8 Å². The minimum absolute atomic E-state index is 0.171. The second-order valence-electron chi connectivity index (χ2n) is 6.77. The first kappa shape index (κ1) is 19.4. The molecule has 0 unspecified atom stereocenters. The molecule has 0 radical (unpaired) electrons. The Bertz CT molecular complexity index is 1040. The van der Waals surface area contributed by atoms with Crippen LogP contribution in [0.3, 0.4) is 0 Å². The predicted molar refractivity (Wildman–Crippen MR) is 111 cm³/mol. The zero-order valence-electron chi connectivity index (χ0n) is 16.6. The second-order valence-corrected chi connectivity index (χ2v) is 7.84. The number of amides is 1. The molecule has 1 aliphatic rings. The molecule has 1 aliphatic heterocycles. The summed E-state index contributed by atoms with van der Waals surface area (Å²) in [7, 11) is 0. The van der Waals surface area contributed by atoms with E-state index in [1.54, 1.807) is 16.7 Å². The molecule has 150 valence electrons. The third-order valence-corrected chi connectivity index (χ3v) is 5.51. The van der Waals surface area contributed by atoms with Crippen LogP contribution in [-0.2, 0) is 4.79 Å². The topological polar surface area (TPSA) is 81.3 Å². The number of hydrogen-bond donors (Lipinski definition) is 0. The molecule has 1 atom stereocenters. The van der Waals surface area contributed by atoms with Gasteiger partial charge in [0.25, 0.3) is 0 Å². The molecular formula is C21H22N4O3S. The highest BCUT2D eigenvalue weighted by molar-refractivity contribution is 7.99. The summed E-state index contributed by atoms with van der Waals surface area (Å²) in [4.78, 5) is 18.8. The van der Waals surface area contributed by atoms with Crippen LogP contribution in [0.1, 0.15) is 44.4 Å². The van der Waals surface area contributed by atoms with Gasteiger partial charge in [0.2, 0.25) is 23.2 Å². The molecule has 29 heavy (non-hydrogen) atoms. The summed E-state index contributed by atoms with van der Waals surface area (Å²) in [5, 5.41) is 9.23. The number of para-hydroxylation sites is 1. The van der Waals surface area contributed by atoms with Crippen LogP contribution in [0.15, 0.2) is 46.0 Å². The third kappa shape index (κ3) is 3.85. The monoisotopic (exact) mass is 410 g/mol. The van der Waals surface area contributed by atoms with Gasteiger partial charge < -0.3 is 9.15 Å². The van der Waals surface area contributed by atoms with Crippen LogP contribution in [0.4, 0.5) is 5.69 Å². The molecule has 8 heteroatoms. The van der Waals surface area contributed by atoms with Crippen molar-refractivity contribution in [3.05, 3.63) is 47.9 Å². The van der Waals surface area contributed by atoms with E-state index in [9.17, 15) is 4.79 Å². The van der Waals surface area contributed by atoms with Crippen molar-refractivity contribution in [2.24, 2.45) is 0 Å². The van der Waals surface area contributed by atoms with Gasteiger partial charge in [-0.2, -0.15) is 4.98 Å². The van der Waals surface area contributed by atoms with E-state index in [4.69, 9.17) is 9.15 Å². The lowest BCUT2D eigenvalue weighted by Gasteiger charge is -2.28. The van der Waals surface area contributed by atoms with E-state index >= 15 is 0 Å². The Balaban J connectivity index is 1.84. The molecule has 1 aromatic carbocycles. The zero-order chi connectivity index (χ0) is 20.4. The lowest BCUT2D eigenvalue weighted by atomic mass is 10.1. The van der Waals surface area contributed by atoms with Crippen LogP contribution in [0.2, 0.25) is 0 Å². The van der Waals surface area contributed by atoms with E-state index in [1.807, 2.05) is 43.3 Å². The number of hydrogen-bond acceptors (Lipinski definition) is 7. The van der Waals surface area contributed by atoms with Gasteiger partial charge in [-0.1, -0.05) is 43.3 Å². The quantitative estimate of drug-likeness (QED) is 0.442. The normalized spacial score (nSPS) is 15.3. The third-order valence-electron chi connectivity index (χ3n) is 4.58. The highest BCUT2D eigenvalue weighted by atomic mass is 32.2. The Morgan fingerprint density at radius 1 is 1.21 bits per heavy atom. The molecule has 3 aromatic rings. The maximum Gasteiger partial charge on any atom is 0.247 e. The molecule has 0 saturated carbocycles. The number of fused-ring (bicyclic) bond motifs is 3. The number of ether oxygens (including phenoxy) is 1. The first-order valence-corrected chi connectivity index (χ1v) is 10.6. The van der Waals surface area contributed by atoms with E-state index in [0.29, 0.717) is 28.2 Å².